The van der Waals surface area contributed by atoms with Gasteiger partial charge in [0.25, 0.3) is 5.56 Å². The molecule has 1 N–H and O–H groups in total. The van der Waals surface area contributed by atoms with Crippen molar-refractivity contribution < 1.29 is 0 Å². The van der Waals surface area contributed by atoms with Gasteiger partial charge in [-0.2, -0.15) is 5.10 Å². The largest absolute Gasteiger partial charge is 0.309 e. The Morgan fingerprint density at radius 2 is 1.91 bits per heavy atom. The first kappa shape index (κ1) is 15.1. The maximum absolute atomic E-state index is 12.5. The van der Waals surface area contributed by atoms with Gasteiger partial charge in [-0.3, -0.25) is 4.79 Å². The number of H-pyrrole nitrogens is 1. The molecule has 0 aliphatic rings. The Balaban J connectivity index is 2.14. The van der Waals surface area contributed by atoms with Crippen molar-refractivity contribution in [3.05, 3.63) is 52.1 Å². The number of aromatic amines is 1. The van der Waals surface area contributed by atoms with E-state index in [1.807, 2.05) is 51.1 Å². The first-order chi connectivity index (χ1) is 10.9. The molecule has 2 aromatic heterocycles. The summed E-state index contributed by atoms with van der Waals surface area (Å²) < 4.78 is 1.58. The van der Waals surface area contributed by atoms with Gasteiger partial charge in [-0.1, -0.05) is 51.1 Å². The van der Waals surface area contributed by atoms with Gasteiger partial charge in [0.15, 0.2) is 11.5 Å². The molecule has 23 heavy (non-hydrogen) atoms. The molecular formula is C17H19N5O. The number of rotatable bonds is 2. The summed E-state index contributed by atoms with van der Waals surface area (Å²) in [6.07, 6.45) is 1.72. The van der Waals surface area contributed by atoms with Crippen LogP contribution in [0.3, 0.4) is 0 Å². The molecule has 0 amide bonds. The summed E-state index contributed by atoms with van der Waals surface area (Å²) in [6, 6.07) is 9.71. The van der Waals surface area contributed by atoms with Crippen molar-refractivity contribution in [3.63, 3.8) is 0 Å². The Bertz CT molecular complexity index is 929. The van der Waals surface area contributed by atoms with Crippen molar-refractivity contribution >= 4 is 23.1 Å². The Labute approximate surface area is 133 Å². The molecule has 0 saturated carbocycles. The first-order valence-electron chi connectivity index (χ1n) is 7.43. The minimum atomic E-state index is -0.252. The molecule has 0 saturated heterocycles. The highest BCUT2D eigenvalue weighted by Crippen LogP contribution is 2.23. The number of hydrogen-bond acceptors (Lipinski definition) is 4. The smallest absolute Gasteiger partial charge is 0.264 e. The van der Waals surface area contributed by atoms with E-state index in [2.05, 4.69) is 20.1 Å². The SMILES string of the molecule is Cn1nc2nc(C(C)(C)C)[nH]c(=O)c2c1N=Cc1ccccc1. The summed E-state index contributed by atoms with van der Waals surface area (Å²) >= 11 is 0. The van der Waals surface area contributed by atoms with E-state index in [4.69, 9.17) is 0 Å². The van der Waals surface area contributed by atoms with E-state index in [1.165, 1.54) is 0 Å². The van der Waals surface area contributed by atoms with E-state index in [9.17, 15) is 4.79 Å². The van der Waals surface area contributed by atoms with Crippen LogP contribution in [0.25, 0.3) is 11.0 Å². The summed E-state index contributed by atoms with van der Waals surface area (Å²) in [5, 5.41) is 4.74. The second-order valence-corrected chi connectivity index (χ2v) is 6.48. The van der Waals surface area contributed by atoms with E-state index < -0.39 is 0 Å². The molecule has 2 heterocycles. The molecule has 0 bridgehead atoms. The van der Waals surface area contributed by atoms with E-state index in [-0.39, 0.29) is 11.0 Å². The topological polar surface area (TPSA) is 75.9 Å². The molecule has 0 fully saturated rings. The van der Waals surface area contributed by atoms with E-state index in [0.29, 0.717) is 22.7 Å². The Hall–Kier alpha value is -2.76. The lowest BCUT2D eigenvalue weighted by Gasteiger charge is -2.16. The van der Waals surface area contributed by atoms with Gasteiger partial charge in [0.2, 0.25) is 0 Å². The Kier molecular flexibility index (Phi) is 3.60. The van der Waals surface area contributed by atoms with Gasteiger partial charge in [-0.15, -0.1) is 0 Å². The minimum absolute atomic E-state index is 0.215. The third-order valence-electron chi connectivity index (χ3n) is 3.52. The van der Waals surface area contributed by atoms with Gasteiger partial charge in [-0.05, 0) is 5.56 Å². The number of nitrogens with one attached hydrogen (secondary N) is 1. The van der Waals surface area contributed by atoms with Gasteiger partial charge >= 0.3 is 0 Å². The van der Waals surface area contributed by atoms with Crippen LogP contribution in [0.15, 0.2) is 40.1 Å². The van der Waals surface area contributed by atoms with Gasteiger partial charge < -0.3 is 4.98 Å². The molecule has 1 aromatic carbocycles. The molecule has 0 aliphatic heterocycles. The van der Waals surface area contributed by atoms with Crippen molar-refractivity contribution in [1.29, 1.82) is 0 Å². The van der Waals surface area contributed by atoms with Crippen LogP contribution < -0.4 is 5.56 Å². The van der Waals surface area contributed by atoms with Crippen molar-refractivity contribution in [2.45, 2.75) is 26.2 Å². The second-order valence-electron chi connectivity index (χ2n) is 6.48. The van der Waals surface area contributed by atoms with Crippen LogP contribution in [0.5, 0.6) is 0 Å². The van der Waals surface area contributed by atoms with Gasteiger partial charge in [0, 0.05) is 18.7 Å². The maximum atomic E-state index is 12.5. The van der Waals surface area contributed by atoms with Gasteiger partial charge in [0.1, 0.15) is 11.2 Å². The monoisotopic (exact) mass is 309 g/mol. The lowest BCUT2D eigenvalue weighted by molar-refractivity contribution is 0.545. The first-order valence-corrected chi connectivity index (χ1v) is 7.43. The van der Waals surface area contributed by atoms with Crippen LogP contribution >= 0.6 is 0 Å². The number of aryl methyl sites for hydroxylation is 1. The minimum Gasteiger partial charge on any atom is -0.309 e. The number of fused-ring (bicyclic) bond motifs is 1. The summed E-state index contributed by atoms with van der Waals surface area (Å²) in [4.78, 5) is 24.2. The van der Waals surface area contributed by atoms with E-state index in [1.54, 1.807) is 17.9 Å². The molecule has 0 spiro atoms. The van der Waals surface area contributed by atoms with Crippen LogP contribution in [0.4, 0.5) is 5.82 Å². The molecule has 0 radical (unpaired) electrons. The van der Waals surface area contributed by atoms with E-state index in [0.717, 1.165) is 5.56 Å². The molecule has 3 aromatic rings. The number of benzene rings is 1. The number of aromatic nitrogens is 4. The van der Waals surface area contributed by atoms with E-state index >= 15 is 0 Å². The summed E-state index contributed by atoms with van der Waals surface area (Å²) in [5.74, 6) is 1.12. The van der Waals surface area contributed by atoms with Crippen LogP contribution in [0, 0.1) is 0 Å². The summed E-state index contributed by atoms with van der Waals surface area (Å²) in [5.41, 5.74) is 0.908. The molecule has 6 heteroatoms. The zero-order chi connectivity index (χ0) is 16.6. The Morgan fingerprint density at radius 3 is 2.57 bits per heavy atom. The third kappa shape index (κ3) is 2.92. The lowest BCUT2D eigenvalue weighted by Crippen LogP contribution is -2.21. The Morgan fingerprint density at radius 1 is 1.22 bits per heavy atom. The standard InChI is InChI=1S/C17H19N5O/c1-17(2,3)16-19-13-12(15(23)20-16)14(22(4)21-13)18-10-11-8-6-5-7-9-11/h5-10H,1-4H3,(H,19,20,21,23). The van der Waals surface area contributed by atoms with Crippen molar-refractivity contribution in [3.8, 4) is 0 Å². The summed E-state index contributed by atoms with van der Waals surface area (Å²) in [7, 11) is 1.76. The molecular weight excluding hydrogens is 290 g/mol. The predicted octanol–water partition coefficient (Wildman–Crippen LogP) is 2.70. The zero-order valence-electron chi connectivity index (χ0n) is 13.7. The number of nitrogens with zero attached hydrogens (tertiary/aromatic N) is 4. The molecule has 6 nitrogen and oxygen atoms in total. The van der Waals surface area contributed by atoms with Crippen LogP contribution in [-0.2, 0) is 12.5 Å². The number of hydrogen-bond donors (Lipinski definition) is 1. The van der Waals surface area contributed by atoms with Crippen molar-refractivity contribution in [2.75, 3.05) is 0 Å². The average molecular weight is 309 g/mol. The molecule has 118 valence electrons. The highest BCUT2D eigenvalue weighted by Gasteiger charge is 2.21. The highest BCUT2D eigenvalue weighted by molar-refractivity contribution is 5.89. The maximum Gasteiger partial charge on any atom is 0.264 e. The average Bonchev–Trinajstić information content (AvgIpc) is 2.81. The molecule has 0 aliphatic carbocycles. The van der Waals surface area contributed by atoms with Crippen LogP contribution in [0.1, 0.15) is 32.2 Å². The number of aliphatic imine (C=N–C) groups is 1. The van der Waals surface area contributed by atoms with Crippen molar-refractivity contribution in [2.24, 2.45) is 12.0 Å². The third-order valence-corrected chi connectivity index (χ3v) is 3.52. The fourth-order valence-corrected chi connectivity index (χ4v) is 2.26. The predicted molar refractivity (Wildman–Crippen MR) is 91.5 cm³/mol. The highest BCUT2D eigenvalue weighted by atomic mass is 16.1. The molecule has 0 unspecified atom stereocenters. The van der Waals surface area contributed by atoms with Crippen LogP contribution in [0.2, 0.25) is 0 Å². The summed E-state index contributed by atoms with van der Waals surface area (Å²) in [6.45, 7) is 5.98. The molecule has 0 atom stereocenters. The zero-order valence-corrected chi connectivity index (χ0v) is 13.7. The van der Waals surface area contributed by atoms with Crippen LogP contribution in [-0.4, -0.2) is 26.0 Å². The fourth-order valence-electron chi connectivity index (χ4n) is 2.26. The molecule has 3 rings (SSSR count). The fraction of sp³-hybridized carbons (Fsp3) is 0.294. The second kappa shape index (κ2) is 5.46. The lowest BCUT2D eigenvalue weighted by atomic mass is 9.96. The van der Waals surface area contributed by atoms with Crippen molar-refractivity contribution in [1.82, 2.24) is 19.7 Å². The quantitative estimate of drug-likeness (QED) is 0.739. The van der Waals surface area contributed by atoms with Gasteiger partial charge in [0.05, 0.1) is 0 Å². The van der Waals surface area contributed by atoms with Gasteiger partial charge in [-0.25, -0.2) is 14.7 Å². The normalized spacial score (nSPS) is 12.3.